The Labute approximate surface area is 107 Å². The molecular weight excluding hydrogens is 243 g/mol. The molecule has 0 bridgehead atoms. The number of alkyl halides is 2. The van der Waals surface area contributed by atoms with Crippen LogP contribution in [0.4, 0.5) is 11.4 Å². The first-order valence-electron chi connectivity index (χ1n) is 5.50. The molecule has 0 aromatic heterocycles. The zero-order chi connectivity index (χ0) is 11.8. The van der Waals surface area contributed by atoms with Crippen LogP contribution in [0.2, 0.25) is 0 Å². The van der Waals surface area contributed by atoms with Crippen molar-refractivity contribution in [1.29, 1.82) is 0 Å². The van der Waals surface area contributed by atoms with E-state index in [1.54, 1.807) is 0 Å². The van der Waals surface area contributed by atoms with Gasteiger partial charge in [0.1, 0.15) is 0 Å². The van der Waals surface area contributed by atoms with E-state index in [4.69, 9.17) is 28.9 Å². The van der Waals surface area contributed by atoms with Crippen LogP contribution in [0, 0.1) is 0 Å². The summed E-state index contributed by atoms with van der Waals surface area (Å²) >= 11 is 11.4. The minimum Gasteiger partial charge on any atom is -0.399 e. The molecule has 0 amide bonds. The number of anilines is 2. The predicted molar refractivity (Wildman–Crippen MR) is 73.7 cm³/mol. The molecule has 0 aliphatic carbocycles. The van der Waals surface area contributed by atoms with Gasteiger partial charge < -0.3 is 10.6 Å². The maximum absolute atomic E-state index is 5.72. The van der Waals surface area contributed by atoms with E-state index in [1.165, 1.54) is 5.69 Å². The highest BCUT2D eigenvalue weighted by Crippen LogP contribution is 2.17. The van der Waals surface area contributed by atoms with Crippen molar-refractivity contribution in [1.82, 2.24) is 0 Å². The van der Waals surface area contributed by atoms with Gasteiger partial charge in [0.05, 0.1) is 0 Å². The molecule has 0 saturated carbocycles. The Kier molecular flexibility index (Phi) is 6.43. The Morgan fingerprint density at radius 3 is 1.88 bits per heavy atom. The Bertz CT molecular complexity index is 280. The van der Waals surface area contributed by atoms with Gasteiger partial charge in [-0.3, -0.25) is 0 Å². The molecule has 1 aromatic rings. The molecule has 0 heterocycles. The third-order valence-corrected chi connectivity index (χ3v) is 2.92. The average molecular weight is 261 g/mol. The highest BCUT2D eigenvalue weighted by atomic mass is 35.5. The van der Waals surface area contributed by atoms with E-state index in [-0.39, 0.29) is 0 Å². The number of benzene rings is 1. The lowest BCUT2D eigenvalue weighted by Crippen LogP contribution is -2.26. The molecule has 1 aromatic carbocycles. The topological polar surface area (TPSA) is 29.3 Å². The fourth-order valence-corrected chi connectivity index (χ4v) is 1.80. The van der Waals surface area contributed by atoms with Crippen LogP contribution in [0.5, 0.6) is 0 Å². The molecule has 16 heavy (non-hydrogen) atoms. The van der Waals surface area contributed by atoms with Crippen LogP contribution in [-0.2, 0) is 0 Å². The van der Waals surface area contributed by atoms with E-state index >= 15 is 0 Å². The average Bonchev–Trinajstić information content (AvgIpc) is 2.31. The number of nitrogens with zero attached hydrogens (tertiary/aromatic N) is 1. The van der Waals surface area contributed by atoms with E-state index < -0.39 is 0 Å². The van der Waals surface area contributed by atoms with E-state index in [0.29, 0.717) is 11.8 Å². The third kappa shape index (κ3) is 4.50. The number of hydrogen-bond donors (Lipinski definition) is 1. The lowest BCUT2D eigenvalue weighted by molar-refractivity contribution is 0.749. The Hall–Kier alpha value is -0.600. The maximum Gasteiger partial charge on any atom is 0.0367 e. The first-order chi connectivity index (χ1) is 7.77. The summed E-state index contributed by atoms with van der Waals surface area (Å²) in [6.07, 6.45) is 1.96. The van der Waals surface area contributed by atoms with Crippen LogP contribution in [0.15, 0.2) is 24.3 Å². The van der Waals surface area contributed by atoms with Crippen LogP contribution in [0.25, 0.3) is 0 Å². The predicted octanol–water partition coefficient (Wildman–Crippen LogP) is 3.33. The lowest BCUT2D eigenvalue weighted by atomic mass is 10.2. The zero-order valence-corrected chi connectivity index (χ0v) is 10.8. The number of halogens is 2. The standard InChI is InChI=1S/C12H18Cl2N2/c13-7-1-9-16(10-2-8-14)12-5-3-11(15)4-6-12/h3-6H,1-2,7-10,15H2. The Morgan fingerprint density at radius 2 is 1.44 bits per heavy atom. The lowest BCUT2D eigenvalue weighted by Gasteiger charge is -2.24. The van der Waals surface area contributed by atoms with Crippen molar-refractivity contribution in [2.45, 2.75) is 12.8 Å². The normalized spacial score (nSPS) is 10.4. The van der Waals surface area contributed by atoms with E-state index in [1.807, 2.05) is 24.3 Å². The molecule has 1 rings (SSSR count). The highest BCUT2D eigenvalue weighted by molar-refractivity contribution is 6.18. The van der Waals surface area contributed by atoms with Crippen molar-refractivity contribution in [3.63, 3.8) is 0 Å². The van der Waals surface area contributed by atoms with Crippen LogP contribution >= 0.6 is 23.2 Å². The third-order valence-electron chi connectivity index (χ3n) is 2.38. The van der Waals surface area contributed by atoms with Gasteiger partial charge in [-0.15, -0.1) is 23.2 Å². The van der Waals surface area contributed by atoms with Gasteiger partial charge in [-0.2, -0.15) is 0 Å². The molecule has 0 aliphatic heterocycles. The van der Waals surface area contributed by atoms with Crippen molar-refractivity contribution in [3.05, 3.63) is 24.3 Å². The van der Waals surface area contributed by atoms with Crippen LogP contribution in [-0.4, -0.2) is 24.8 Å². The van der Waals surface area contributed by atoms with Crippen LogP contribution < -0.4 is 10.6 Å². The van der Waals surface area contributed by atoms with Gasteiger partial charge in [0, 0.05) is 36.2 Å². The van der Waals surface area contributed by atoms with E-state index in [9.17, 15) is 0 Å². The van der Waals surface area contributed by atoms with Crippen molar-refractivity contribution >= 4 is 34.6 Å². The first kappa shape index (κ1) is 13.5. The second-order valence-electron chi connectivity index (χ2n) is 3.66. The van der Waals surface area contributed by atoms with E-state index in [0.717, 1.165) is 31.6 Å². The number of hydrogen-bond acceptors (Lipinski definition) is 2. The smallest absolute Gasteiger partial charge is 0.0367 e. The van der Waals surface area contributed by atoms with Gasteiger partial charge in [-0.05, 0) is 37.1 Å². The summed E-state index contributed by atoms with van der Waals surface area (Å²) in [5, 5.41) is 0. The SMILES string of the molecule is Nc1ccc(N(CCCCl)CCCCl)cc1. The van der Waals surface area contributed by atoms with Crippen molar-refractivity contribution in [2.24, 2.45) is 0 Å². The number of nitrogen functional groups attached to an aromatic ring is 1. The van der Waals surface area contributed by atoms with Gasteiger partial charge in [-0.1, -0.05) is 0 Å². The molecule has 0 radical (unpaired) electrons. The second-order valence-corrected chi connectivity index (χ2v) is 4.42. The Balaban J connectivity index is 2.62. The molecule has 0 saturated heterocycles. The number of nitrogens with two attached hydrogens (primary N) is 1. The van der Waals surface area contributed by atoms with Crippen molar-refractivity contribution in [2.75, 3.05) is 35.5 Å². The zero-order valence-electron chi connectivity index (χ0n) is 9.33. The van der Waals surface area contributed by atoms with Gasteiger partial charge >= 0.3 is 0 Å². The highest BCUT2D eigenvalue weighted by Gasteiger charge is 2.05. The summed E-state index contributed by atoms with van der Waals surface area (Å²) in [5.74, 6) is 1.37. The van der Waals surface area contributed by atoms with Gasteiger partial charge in [0.25, 0.3) is 0 Å². The number of rotatable bonds is 7. The van der Waals surface area contributed by atoms with Crippen molar-refractivity contribution in [3.8, 4) is 0 Å². The molecule has 2 nitrogen and oxygen atoms in total. The molecule has 0 spiro atoms. The summed E-state index contributed by atoms with van der Waals surface area (Å²) in [6, 6.07) is 7.92. The quantitative estimate of drug-likeness (QED) is 0.602. The minimum absolute atomic E-state index is 0.687. The fraction of sp³-hybridized carbons (Fsp3) is 0.500. The summed E-state index contributed by atoms with van der Waals surface area (Å²) in [5.41, 5.74) is 7.64. The second kappa shape index (κ2) is 7.64. The molecule has 0 atom stereocenters. The molecular formula is C12H18Cl2N2. The summed E-state index contributed by atoms with van der Waals surface area (Å²) in [7, 11) is 0. The molecule has 90 valence electrons. The molecule has 2 N–H and O–H groups in total. The summed E-state index contributed by atoms with van der Waals surface area (Å²) in [6.45, 7) is 1.93. The molecule has 0 aliphatic rings. The minimum atomic E-state index is 0.687. The maximum atomic E-state index is 5.72. The monoisotopic (exact) mass is 260 g/mol. The molecule has 0 unspecified atom stereocenters. The van der Waals surface area contributed by atoms with Crippen molar-refractivity contribution < 1.29 is 0 Å². The van der Waals surface area contributed by atoms with Crippen LogP contribution in [0.1, 0.15) is 12.8 Å². The first-order valence-corrected chi connectivity index (χ1v) is 6.57. The fourth-order valence-electron chi connectivity index (χ4n) is 1.56. The summed E-state index contributed by atoms with van der Waals surface area (Å²) < 4.78 is 0. The van der Waals surface area contributed by atoms with Gasteiger partial charge in [0.15, 0.2) is 0 Å². The molecule has 4 heteroatoms. The van der Waals surface area contributed by atoms with Gasteiger partial charge in [0.2, 0.25) is 0 Å². The van der Waals surface area contributed by atoms with E-state index in [2.05, 4.69) is 4.90 Å². The Morgan fingerprint density at radius 1 is 0.938 bits per heavy atom. The summed E-state index contributed by atoms with van der Waals surface area (Å²) in [4.78, 5) is 2.30. The molecule has 0 fully saturated rings. The van der Waals surface area contributed by atoms with Gasteiger partial charge in [-0.25, -0.2) is 0 Å². The van der Waals surface area contributed by atoms with Crippen LogP contribution in [0.3, 0.4) is 0 Å². The largest absolute Gasteiger partial charge is 0.399 e.